The first-order chi connectivity index (χ1) is 5.74. The number of hydrogen-bond acceptors (Lipinski definition) is 2. The summed E-state index contributed by atoms with van der Waals surface area (Å²) in [7, 11) is 0. The van der Waals surface area contributed by atoms with Gasteiger partial charge < -0.3 is 4.74 Å². The summed E-state index contributed by atoms with van der Waals surface area (Å²) in [5, 5.41) is 0.621. The molecule has 0 fully saturated rings. The normalized spacial score (nSPS) is 9.92. The first-order valence-electron chi connectivity index (χ1n) is 3.85. The Labute approximate surface area is 83.1 Å². The molecule has 0 aromatic heterocycles. The Hall–Kier alpha value is -0.340. The lowest BCUT2D eigenvalue weighted by Gasteiger charge is -2.06. The Morgan fingerprint density at radius 1 is 1.50 bits per heavy atom. The molecule has 0 radical (unpaired) electrons. The standard InChI is InChI=1S/C9H11ClOS/c1-2-5-11-9-4-3-7(12)6-8(9)10/h3-4,6,12H,2,5H2,1H3. The molecule has 0 unspecified atom stereocenters. The van der Waals surface area contributed by atoms with Crippen molar-refractivity contribution in [1.29, 1.82) is 0 Å². The van der Waals surface area contributed by atoms with E-state index in [-0.39, 0.29) is 0 Å². The summed E-state index contributed by atoms with van der Waals surface area (Å²) < 4.78 is 5.38. The third kappa shape index (κ3) is 2.61. The Morgan fingerprint density at radius 3 is 2.83 bits per heavy atom. The minimum atomic E-state index is 0.621. The highest BCUT2D eigenvalue weighted by atomic mass is 35.5. The van der Waals surface area contributed by atoms with E-state index in [0.29, 0.717) is 11.6 Å². The van der Waals surface area contributed by atoms with Gasteiger partial charge in [-0.25, -0.2) is 0 Å². The topological polar surface area (TPSA) is 9.23 Å². The molecule has 12 heavy (non-hydrogen) atoms. The van der Waals surface area contributed by atoms with E-state index in [1.54, 1.807) is 6.07 Å². The molecule has 0 spiro atoms. The third-order valence-corrected chi connectivity index (χ3v) is 1.95. The maximum atomic E-state index is 5.89. The number of rotatable bonds is 3. The van der Waals surface area contributed by atoms with Crippen molar-refractivity contribution in [3.05, 3.63) is 23.2 Å². The molecule has 0 saturated carbocycles. The summed E-state index contributed by atoms with van der Waals surface area (Å²) in [6, 6.07) is 5.47. The quantitative estimate of drug-likeness (QED) is 0.740. The van der Waals surface area contributed by atoms with Crippen LogP contribution in [0.1, 0.15) is 13.3 Å². The second kappa shape index (κ2) is 4.63. The van der Waals surface area contributed by atoms with Gasteiger partial charge in [-0.2, -0.15) is 0 Å². The van der Waals surface area contributed by atoms with E-state index in [0.717, 1.165) is 17.1 Å². The SMILES string of the molecule is CCCOc1ccc(S)cc1Cl. The first-order valence-corrected chi connectivity index (χ1v) is 4.68. The van der Waals surface area contributed by atoms with Crippen LogP contribution in [0.3, 0.4) is 0 Å². The van der Waals surface area contributed by atoms with Crippen LogP contribution >= 0.6 is 24.2 Å². The second-order valence-electron chi connectivity index (χ2n) is 2.46. The predicted octanol–water partition coefficient (Wildman–Crippen LogP) is 3.42. The monoisotopic (exact) mass is 202 g/mol. The van der Waals surface area contributed by atoms with Gasteiger partial charge in [-0.1, -0.05) is 18.5 Å². The predicted molar refractivity (Wildman–Crippen MR) is 54.5 cm³/mol. The van der Waals surface area contributed by atoms with E-state index in [9.17, 15) is 0 Å². The lowest BCUT2D eigenvalue weighted by atomic mass is 10.3. The van der Waals surface area contributed by atoms with Gasteiger partial charge in [0, 0.05) is 4.90 Å². The fraction of sp³-hybridized carbons (Fsp3) is 0.333. The van der Waals surface area contributed by atoms with Crippen LogP contribution in [0.25, 0.3) is 0 Å². The van der Waals surface area contributed by atoms with E-state index < -0.39 is 0 Å². The zero-order valence-electron chi connectivity index (χ0n) is 6.88. The third-order valence-electron chi connectivity index (χ3n) is 1.38. The van der Waals surface area contributed by atoms with Gasteiger partial charge in [0.05, 0.1) is 11.6 Å². The molecular weight excluding hydrogens is 192 g/mol. The molecule has 66 valence electrons. The molecule has 1 rings (SSSR count). The number of benzene rings is 1. The Morgan fingerprint density at radius 2 is 2.25 bits per heavy atom. The Bertz CT molecular complexity index is 263. The van der Waals surface area contributed by atoms with E-state index >= 15 is 0 Å². The van der Waals surface area contributed by atoms with Crippen molar-refractivity contribution in [3.63, 3.8) is 0 Å². The first kappa shape index (κ1) is 9.75. The molecule has 0 saturated heterocycles. The molecule has 1 aromatic carbocycles. The van der Waals surface area contributed by atoms with Gasteiger partial charge in [-0.15, -0.1) is 12.6 Å². The van der Waals surface area contributed by atoms with Crippen molar-refractivity contribution < 1.29 is 4.74 Å². The van der Waals surface area contributed by atoms with Crippen LogP contribution in [0.5, 0.6) is 5.75 Å². The molecule has 0 heterocycles. The highest BCUT2D eigenvalue weighted by Crippen LogP contribution is 2.26. The molecule has 0 atom stereocenters. The van der Waals surface area contributed by atoms with Gasteiger partial charge >= 0.3 is 0 Å². The molecule has 0 N–H and O–H groups in total. The second-order valence-corrected chi connectivity index (χ2v) is 3.39. The van der Waals surface area contributed by atoms with Crippen molar-refractivity contribution in [2.24, 2.45) is 0 Å². The van der Waals surface area contributed by atoms with Crippen LogP contribution in [-0.2, 0) is 0 Å². The molecule has 0 aliphatic heterocycles. The van der Waals surface area contributed by atoms with Crippen molar-refractivity contribution in [2.75, 3.05) is 6.61 Å². The van der Waals surface area contributed by atoms with Crippen LogP contribution in [0.15, 0.2) is 23.1 Å². The van der Waals surface area contributed by atoms with Crippen LogP contribution in [0.4, 0.5) is 0 Å². The zero-order valence-corrected chi connectivity index (χ0v) is 8.53. The molecule has 1 nitrogen and oxygen atoms in total. The summed E-state index contributed by atoms with van der Waals surface area (Å²) in [5.74, 6) is 0.733. The smallest absolute Gasteiger partial charge is 0.137 e. The highest BCUT2D eigenvalue weighted by Gasteiger charge is 1.99. The summed E-state index contributed by atoms with van der Waals surface area (Å²) in [5.41, 5.74) is 0. The van der Waals surface area contributed by atoms with Crippen molar-refractivity contribution in [3.8, 4) is 5.75 Å². The molecule has 0 aliphatic rings. The van der Waals surface area contributed by atoms with Crippen molar-refractivity contribution in [2.45, 2.75) is 18.2 Å². The molecule has 0 bridgehead atoms. The van der Waals surface area contributed by atoms with Crippen LogP contribution in [0.2, 0.25) is 5.02 Å². The van der Waals surface area contributed by atoms with Gasteiger partial charge in [0.15, 0.2) is 0 Å². The lowest BCUT2D eigenvalue weighted by molar-refractivity contribution is 0.317. The minimum absolute atomic E-state index is 0.621. The molecule has 3 heteroatoms. The van der Waals surface area contributed by atoms with E-state index in [1.807, 2.05) is 12.1 Å². The molecule has 1 aromatic rings. The van der Waals surface area contributed by atoms with Gasteiger partial charge in [0.25, 0.3) is 0 Å². The average Bonchev–Trinajstić information content (AvgIpc) is 2.03. The van der Waals surface area contributed by atoms with Crippen molar-refractivity contribution in [1.82, 2.24) is 0 Å². The Kier molecular flexibility index (Phi) is 3.76. The largest absolute Gasteiger partial charge is 0.492 e. The van der Waals surface area contributed by atoms with Gasteiger partial charge in [0.1, 0.15) is 5.75 Å². The minimum Gasteiger partial charge on any atom is -0.492 e. The van der Waals surface area contributed by atoms with Crippen LogP contribution < -0.4 is 4.74 Å². The highest BCUT2D eigenvalue weighted by molar-refractivity contribution is 7.80. The maximum absolute atomic E-state index is 5.89. The summed E-state index contributed by atoms with van der Waals surface area (Å²) in [4.78, 5) is 0.851. The summed E-state index contributed by atoms with van der Waals surface area (Å²) in [6.07, 6.45) is 0.985. The van der Waals surface area contributed by atoms with Gasteiger partial charge in [-0.05, 0) is 24.6 Å². The van der Waals surface area contributed by atoms with Gasteiger partial charge in [-0.3, -0.25) is 0 Å². The molecular formula is C9H11ClOS. The summed E-state index contributed by atoms with van der Waals surface area (Å²) in [6.45, 7) is 2.76. The lowest BCUT2D eigenvalue weighted by Crippen LogP contribution is -1.95. The summed E-state index contributed by atoms with van der Waals surface area (Å²) >= 11 is 10.0. The zero-order chi connectivity index (χ0) is 8.97. The van der Waals surface area contributed by atoms with Crippen molar-refractivity contribution >= 4 is 24.2 Å². The fourth-order valence-electron chi connectivity index (χ4n) is 0.819. The van der Waals surface area contributed by atoms with E-state index in [4.69, 9.17) is 16.3 Å². The molecule has 0 aliphatic carbocycles. The van der Waals surface area contributed by atoms with Gasteiger partial charge in [0.2, 0.25) is 0 Å². The Balaban J connectivity index is 2.72. The van der Waals surface area contributed by atoms with Crippen LogP contribution in [0, 0.1) is 0 Å². The van der Waals surface area contributed by atoms with E-state index in [1.165, 1.54) is 0 Å². The average molecular weight is 203 g/mol. The number of halogens is 1. The van der Waals surface area contributed by atoms with Crippen LogP contribution in [-0.4, -0.2) is 6.61 Å². The number of thiol groups is 1. The molecule has 0 amide bonds. The maximum Gasteiger partial charge on any atom is 0.137 e. The fourth-order valence-corrected chi connectivity index (χ4v) is 1.33. The number of hydrogen-bond donors (Lipinski definition) is 1. The number of ether oxygens (including phenoxy) is 1. The van der Waals surface area contributed by atoms with E-state index in [2.05, 4.69) is 19.6 Å².